The average molecular weight is 589 g/mol. The Labute approximate surface area is 146 Å². The molecule has 15 heavy (non-hydrogen) atoms. The Morgan fingerprint density at radius 1 is 0.533 bits per heavy atom. The molecule has 0 aromatic heterocycles. The van der Waals surface area contributed by atoms with Gasteiger partial charge >= 0.3 is 74.6 Å². The molecule has 98 valence electrons. The summed E-state index contributed by atoms with van der Waals surface area (Å²) in [6, 6.07) is 0. The molecule has 0 aromatic carbocycles. The van der Waals surface area contributed by atoms with E-state index in [4.69, 9.17) is 43.1 Å². The van der Waals surface area contributed by atoms with Gasteiger partial charge in [0.2, 0.25) is 0 Å². The van der Waals surface area contributed by atoms with Crippen molar-refractivity contribution in [3.8, 4) is 0 Å². The third-order valence-corrected chi connectivity index (χ3v) is 0. The fourth-order valence-electron chi connectivity index (χ4n) is 0. The van der Waals surface area contributed by atoms with Crippen molar-refractivity contribution in [3.05, 3.63) is 0 Å². The quantitative estimate of drug-likeness (QED) is 0.245. The first-order valence-electron chi connectivity index (χ1n) is 1.64. The molecule has 0 aromatic rings. The zero-order valence-electron chi connectivity index (χ0n) is 6.09. The first-order valence-corrected chi connectivity index (χ1v) is 4.93. The van der Waals surface area contributed by atoms with Crippen LogP contribution in [0, 0.1) is 74.6 Å². The molecule has 2 N–H and O–H groups in total. The van der Waals surface area contributed by atoms with Gasteiger partial charge in [-0.15, -0.1) is 0 Å². The molecule has 0 bridgehead atoms. The first kappa shape index (κ1) is 36.0. The van der Waals surface area contributed by atoms with Gasteiger partial charge in [0.05, 0.1) is 0 Å². The molecular weight excluding hydrogens is 587 g/mol. The van der Waals surface area contributed by atoms with Gasteiger partial charge in [0.15, 0.2) is 0 Å². The molecule has 0 atom stereocenters. The molecule has 0 spiro atoms. The minimum Gasteiger partial charge on any atom is -0.598 e. The van der Waals surface area contributed by atoms with Crippen LogP contribution in [0.15, 0.2) is 0 Å². The zero-order valence-corrected chi connectivity index (χ0v) is 12.5. The third-order valence-electron chi connectivity index (χ3n) is 0. The van der Waals surface area contributed by atoms with E-state index in [0.717, 1.165) is 0 Å². The van der Waals surface area contributed by atoms with Crippen molar-refractivity contribution in [2.75, 3.05) is 0 Å². The average Bonchev–Trinajstić information content (AvgIpc) is 1.54. The van der Waals surface area contributed by atoms with Crippen LogP contribution in [0.1, 0.15) is 0 Å². The SMILES string of the molecule is O.O=[P+]([O-])[O-].O=[P+]([O-])[O-].O=[P+]([O-])[O-].[Er+3].[Er+3]. The molecule has 0 aliphatic rings. The Kier molecular flexibility index (Phi) is 72.0. The van der Waals surface area contributed by atoms with E-state index in [9.17, 15) is 0 Å². The summed E-state index contributed by atoms with van der Waals surface area (Å²) in [6.45, 7) is 0. The molecule has 2 radical (unpaired) electrons. The predicted octanol–water partition coefficient (Wildman–Crippen LogP) is -5.73. The number of hydrogen-bond donors (Lipinski definition) is 0. The molecule has 0 heterocycles. The van der Waals surface area contributed by atoms with Gasteiger partial charge in [-0.05, 0) is 0 Å². The summed E-state index contributed by atoms with van der Waals surface area (Å²) >= 11 is 0. The van der Waals surface area contributed by atoms with Gasteiger partial charge in [0.1, 0.15) is 0 Å². The maximum Gasteiger partial charge on any atom is 3.00 e. The van der Waals surface area contributed by atoms with E-state index < -0.39 is 24.8 Å². The summed E-state index contributed by atoms with van der Waals surface area (Å²) in [5.74, 6) is 0. The van der Waals surface area contributed by atoms with Crippen molar-refractivity contribution in [2.45, 2.75) is 0 Å². The van der Waals surface area contributed by atoms with Crippen LogP contribution in [0.5, 0.6) is 0 Å². The van der Waals surface area contributed by atoms with Crippen LogP contribution >= 0.6 is 24.8 Å². The summed E-state index contributed by atoms with van der Waals surface area (Å²) in [5, 5.41) is 0. The Morgan fingerprint density at radius 3 is 0.533 bits per heavy atom. The summed E-state index contributed by atoms with van der Waals surface area (Å²) in [7, 11) is -10.1. The Hall–Kier alpha value is 2.51. The maximum absolute atomic E-state index is 8.48. The van der Waals surface area contributed by atoms with Gasteiger partial charge < -0.3 is 34.8 Å². The summed E-state index contributed by atoms with van der Waals surface area (Å²) < 4.78 is 25.4. The molecular formula is H2Er2O10P3+3. The molecule has 0 aliphatic heterocycles. The topological polar surface area (TPSA) is 221 Å². The maximum atomic E-state index is 8.48. The molecule has 0 saturated heterocycles. The van der Waals surface area contributed by atoms with Gasteiger partial charge in [-0.25, -0.2) is 0 Å². The predicted molar refractivity (Wildman–Crippen MR) is 26.4 cm³/mol. The van der Waals surface area contributed by atoms with E-state index >= 15 is 0 Å². The van der Waals surface area contributed by atoms with E-state index in [1.165, 1.54) is 0 Å². The normalized spacial score (nSPS) is 5.20. The van der Waals surface area contributed by atoms with Crippen molar-refractivity contribution in [1.82, 2.24) is 0 Å². The Morgan fingerprint density at radius 2 is 0.533 bits per heavy atom. The second kappa shape index (κ2) is 30.0. The van der Waals surface area contributed by atoms with Crippen LogP contribution in [0.25, 0.3) is 0 Å². The summed E-state index contributed by atoms with van der Waals surface area (Å²) in [5.41, 5.74) is 0. The minimum absolute atomic E-state index is 0. The molecule has 0 saturated carbocycles. The van der Waals surface area contributed by atoms with Gasteiger partial charge in [0.25, 0.3) is 24.8 Å². The van der Waals surface area contributed by atoms with Crippen LogP contribution in [0.3, 0.4) is 0 Å². The Bertz CT molecular complexity index is 116. The summed E-state index contributed by atoms with van der Waals surface area (Å²) in [6.07, 6.45) is 0. The first-order chi connectivity index (χ1) is 5.20. The number of rotatable bonds is 0. The van der Waals surface area contributed by atoms with Crippen molar-refractivity contribution in [3.63, 3.8) is 0 Å². The Balaban J connectivity index is -0.0000000184. The van der Waals surface area contributed by atoms with Crippen LogP contribution in [-0.4, -0.2) is 5.48 Å². The third kappa shape index (κ3) is 551. The molecule has 10 nitrogen and oxygen atoms in total. The van der Waals surface area contributed by atoms with Crippen molar-refractivity contribution < 1.29 is 123 Å². The van der Waals surface area contributed by atoms with Gasteiger partial charge in [-0.2, -0.15) is 0 Å². The standard InChI is InChI=1S/2Er.3HO3P.H2O/c;;3*1-4(2)3;/h;;3*(H,1,2,3);1H2/q2*+3;;;;/p-3. The van der Waals surface area contributed by atoms with Crippen molar-refractivity contribution >= 4 is 24.8 Å². The van der Waals surface area contributed by atoms with Crippen LogP contribution < -0.4 is 29.4 Å². The van der Waals surface area contributed by atoms with E-state index in [1.807, 2.05) is 0 Å². The fraction of sp³-hybridized carbons (Fsp3) is 0. The van der Waals surface area contributed by atoms with Crippen molar-refractivity contribution in [1.29, 1.82) is 0 Å². The van der Waals surface area contributed by atoms with E-state index in [1.54, 1.807) is 0 Å². The zero-order chi connectivity index (χ0) is 10.7. The molecule has 15 heteroatoms. The van der Waals surface area contributed by atoms with Crippen LogP contribution in [0.4, 0.5) is 0 Å². The second-order valence-electron chi connectivity index (χ2n) is 0.671. The van der Waals surface area contributed by atoms with E-state index in [-0.39, 0.29) is 80.1 Å². The second-order valence-corrected chi connectivity index (χ2v) is 2.01. The number of hydrogen-bond acceptors (Lipinski definition) is 9. The van der Waals surface area contributed by atoms with Crippen LogP contribution in [-0.2, 0) is 13.7 Å². The van der Waals surface area contributed by atoms with Crippen molar-refractivity contribution in [2.24, 2.45) is 0 Å². The van der Waals surface area contributed by atoms with E-state index in [0.29, 0.717) is 0 Å². The molecule has 0 amide bonds. The fourth-order valence-corrected chi connectivity index (χ4v) is 0. The summed E-state index contributed by atoms with van der Waals surface area (Å²) in [4.78, 5) is 50.9. The largest absolute Gasteiger partial charge is 3.00 e. The minimum atomic E-state index is -3.37. The smallest absolute Gasteiger partial charge is 0.598 e. The molecule has 0 fully saturated rings. The molecule has 0 rings (SSSR count). The van der Waals surface area contributed by atoms with Gasteiger partial charge in [-0.3, -0.25) is 0 Å². The van der Waals surface area contributed by atoms with Crippen LogP contribution in [0.2, 0.25) is 0 Å². The molecule has 0 unspecified atom stereocenters. The van der Waals surface area contributed by atoms with Gasteiger partial charge in [0, 0.05) is 0 Å². The molecule has 0 aliphatic carbocycles. The monoisotopic (exact) mass is 587 g/mol. The van der Waals surface area contributed by atoms with Gasteiger partial charge in [-0.1, -0.05) is 13.7 Å². The van der Waals surface area contributed by atoms with E-state index in [2.05, 4.69) is 0 Å².